The van der Waals surface area contributed by atoms with Crippen LogP contribution in [-0.2, 0) is 17.8 Å². The highest BCUT2D eigenvalue weighted by molar-refractivity contribution is 7.21. The number of hydrogen-bond acceptors (Lipinski definition) is 3. The zero-order chi connectivity index (χ0) is 20.2. The van der Waals surface area contributed by atoms with Gasteiger partial charge in [0.2, 0.25) is 0 Å². The predicted molar refractivity (Wildman–Crippen MR) is 116 cm³/mol. The lowest BCUT2D eigenvalue weighted by Crippen LogP contribution is -2.14. The summed E-state index contributed by atoms with van der Waals surface area (Å²) in [6.07, 6.45) is 0.712. The lowest BCUT2D eigenvalue weighted by Gasteiger charge is -2.11. The second-order valence-corrected chi connectivity index (χ2v) is 7.78. The van der Waals surface area contributed by atoms with Crippen LogP contribution in [0.5, 0.6) is 0 Å². The molecule has 0 saturated carbocycles. The van der Waals surface area contributed by atoms with Crippen molar-refractivity contribution < 1.29 is 13.9 Å². The molecule has 1 N–H and O–H groups in total. The standard InChI is InChI=1S/C24H20FNO2S/c1-28-15-18-22-19(25)11-7-13-21(22)29-23(18)24(27)26-20-12-6-5-10-17(20)14-16-8-3-2-4-9-16/h2-13H,14-15H2,1H3,(H,26,27). The molecule has 1 aromatic heterocycles. The van der Waals surface area contributed by atoms with Crippen molar-refractivity contribution in [2.75, 3.05) is 12.4 Å². The highest BCUT2D eigenvalue weighted by atomic mass is 32.1. The number of thiophene rings is 1. The Bertz CT molecular complexity index is 1150. The number of fused-ring (bicyclic) bond motifs is 1. The van der Waals surface area contributed by atoms with Crippen LogP contribution in [0.4, 0.5) is 10.1 Å². The molecule has 29 heavy (non-hydrogen) atoms. The molecule has 0 saturated heterocycles. The van der Waals surface area contributed by atoms with Crippen LogP contribution in [0, 0.1) is 5.82 Å². The molecule has 0 aliphatic heterocycles. The van der Waals surface area contributed by atoms with Crippen molar-refractivity contribution in [1.29, 1.82) is 0 Å². The van der Waals surface area contributed by atoms with E-state index in [4.69, 9.17) is 4.74 Å². The van der Waals surface area contributed by atoms with Crippen molar-refractivity contribution >= 4 is 33.0 Å². The number of anilines is 1. The SMILES string of the molecule is COCc1c(C(=O)Nc2ccccc2Cc2ccccc2)sc2cccc(F)c12. The lowest BCUT2D eigenvalue weighted by molar-refractivity contribution is 0.102. The number of halogens is 1. The Morgan fingerprint density at radius 1 is 1.00 bits per heavy atom. The summed E-state index contributed by atoms with van der Waals surface area (Å²) < 4.78 is 20.4. The van der Waals surface area contributed by atoms with Gasteiger partial charge in [-0.15, -0.1) is 11.3 Å². The number of para-hydroxylation sites is 1. The number of methoxy groups -OCH3 is 1. The van der Waals surface area contributed by atoms with Crippen LogP contribution in [0.2, 0.25) is 0 Å². The second-order valence-electron chi connectivity index (χ2n) is 6.73. The van der Waals surface area contributed by atoms with Crippen molar-refractivity contribution in [3.05, 3.63) is 100 Å². The van der Waals surface area contributed by atoms with E-state index in [2.05, 4.69) is 17.4 Å². The Labute approximate surface area is 172 Å². The molecule has 0 fully saturated rings. The van der Waals surface area contributed by atoms with Gasteiger partial charge in [-0.1, -0.05) is 54.6 Å². The number of carbonyl (C=O) groups is 1. The molecule has 0 aliphatic carbocycles. The van der Waals surface area contributed by atoms with Gasteiger partial charge < -0.3 is 10.1 Å². The minimum absolute atomic E-state index is 0.176. The molecule has 0 radical (unpaired) electrons. The third kappa shape index (κ3) is 4.06. The number of benzene rings is 3. The van der Waals surface area contributed by atoms with E-state index in [1.54, 1.807) is 13.2 Å². The lowest BCUT2D eigenvalue weighted by atomic mass is 10.0. The van der Waals surface area contributed by atoms with Crippen LogP contribution in [0.3, 0.4) is 0 Å². The van der Waals surface area contributed by atoms with Crippen molar-refractivity contribution in [2.24, 2.45) is 0 Å². The Balaban J connectivity index is 1.67. The van der Waals surface area contributed by atoms with E-state index in [0.29, 0.717) is 22.2 Å². The summed E-state index contributed by atoms with van der Waals surface area (Å²) in [7, 11) is 1.54. The fourth-order valence-corrected chi connectivity index (χ4v) is 4.54. The van der Waals surface area contributed by atoms with Crippen LogP contribution in [0.1, 0.15) is 26.4 Å². The van der Waals surface area contributed by atoms with E-state index >= 15 is 0 Å². The molecule has 0 spiro atoms. The number of nitrogens with one attached hydrogen (secondary N) is 1. The number of carbonyl (C=O) groups excluding carboxylic acids is 1. The van der Waals surface area contributed by atoms with Crippen LogP contribution >= 0.6 is 11.3 Å². The Hall–Kier alpha value is -3.02. The highest BCUT2D eigenvalue weighted by Gasteiger charge is 2.21. The van der Waals surface area contributed by atoms with Crippen LogP contribution in [-0.4, -0.2) is 13.0 Å². The maximum atomic E-state index is 14.4. The summed E-state index contributed by atoms with van der Waals surface area (Å²) in [6.45, 7) is 0.176. The van der Waals surface area contributed by atoms with E-state index in [0.717, 1.165) is 16.0 Å². The topological polar surface area (TPSA) is 38.3 Å². The van der Waals surface area contributed by atoms with E-state index in [-0.39, 0.29) is 18.3 Å². The summed E-state index contributed by atoms with van der Waals surface area (Å²) in [5, 5.41) is 3.48. The average Bonchev–Trinajstić information content (AvgIpc) is 3.10. The van der Waals surface area contributed by atoms with Crippen molar-refractivity contribution in [3.63, 3.8) is 0 Å². The minimum Gasteiger partial charge on any atom is -0.380 e. The first-order valence-corrected chi connectivity index (χ1v) is 10.1. The van der Waals surface area contributed by atoms with Gasteiger partial charge in [0.05, 0.1) is 11.5 Å². The van der Waals surface area contributed by atoms with Gasteiger partial charge in [0.1, 0.15) is 5.82 Å². The number of ether oxygens (including phenoxy) is 1. The maximum absolute atomic E-state index is 14.4. The molecule has 0 unspecified atom stereocenters. The van der Waals surface area contributed by atoms with Gasteiger partial charge in [0, 0.05) is 28.4 Å². The summed E-state index contributed by atoms with van der Waals surface area (Å²) in [5.74, 6) is -0.590. The number of hydrogen-bond donors (Lipinski definition) is 1. The Morgan fingerprint density at radius 3 is 2.55 bits per heavy atom. The van der Waals surface area contributed by atoms with Crippen LogP contribution in [0.15, 0.2) is 72.8 Å². The molecule has 4 aromatic rings. The fourth-order valence-electron chi connectivity index (χ4n) is 3.42. The molecule has 0 atom stereocenters. The molecule has 1 amide bonds. The Kier molecular flexibility index (Phi) is 5.69. The van der Waals surface area contributed by atoms with Gasteiger partial charge >= 0.3 is 0 Å². The third-order valence-corrected chi connectivity index (χ3v) is 5.96. The zero-order valence-electron chi connectivity index (χ0n) is 15.9. The first-order valence-electron chi connectivity index (χ1n) is 9.29. The van der Waals surface area contributed by atoms with Crippen molar-refractivity contribution in [2.45, 2.75) is 13.0 Å². The van der Waals surface area contributed by atoms with Gasteiger partial charge in [0.25, 0.3) is 5.91 Å². The fraction of sp³-hybridized carbons (Fsp3) is 0.125. The first-order chi connectivity index (χ1) is 14.2. The quantitative estimate of drug-likeness (QED) is 0.425. The normalized spacial score (nSPS) is 11.0. The molecular weight excluding hydrogens is 385 g/mol. The molecule has 4 rings (SSSR count). The van der Waals surface area contributed by atoms with Gasteiger partial charge in [-0.3, -0.25) is 4.79 Å². The van der Waals surface area contributed by atoms with E-state index in [1.165, 1.54) is 23.0 Å². The minimum atomic E-state index is -0.339. The van der Waals surface area contributed by atoms with Gasteiger partial charge in [0.15, 0.2) is 0 Å². The number of rotatable bonds is 6. The van der Waals surface area contributed by atoms with Crippen LogP contribution in [0.25, 0.3) is 10.1 Å². The molecule has 3 aromatic carbocycles. The number of amides is 1. The largest absolute Gasteiger partial charge is 0.380 e. The molecule has 0 aliphatic rings. The molecule has 0 bridgehead atoms. The van der Waals surface area contributed by atoms with Gasteiger partial charge in [-0.25, -0.2) is 4.39 Å². The van der Waals surface area contributed by atoms with E-state index in [9.17, 15) is 9.18 Å². The average molecular weight is 405 g/mol. The van der Waals surface area contributed by atoms with Crippen molar-refractivity contribution in [1.82, 2.24) is 0 Å². The molecule has 5 heteroatoms. The summed E-state index contributed by atoms with van der Waals surface area (Å²) in [4.78, 5) is 13.6. The predicted octanol–water partition coefficient (Wildman–Crippen LogP) is 6.03. The summed E-state index contributed by atoms with van der Waals surface area (Å²) in [6, 6.07) is 22.7. The Morgan fingerprint density at radius 2 is 1.76 bits per heavy atom. The molecule has 1 heterocycles. The van der Waals surface area contributed by atoms with E-state index < -0.39 is 0 Å². The maximum Gasteiger partial charge on any atom is 0.266 e. The zero-order valence-corrected chi connectivity index (χ0v) is 16.8. The third-order valence-electron chi connectivity index (χ3n) is 4.76. The van der Waals surface area contributed by atoms with E-state index in [1.807, 2.05) is 48.5 Å². The first kappa shape index (κ1) is 19.3. The summed E-state index contributed by atoms with van der Waals surface area (Å²) in [5.41, 5.74) is 3.53. The summed E-state index contributed by atoms with van der Waals surface area (Å²) >= 11 is 1.28. The van der Waals surface area contributed by atoms with Crippen molar-refractivity contribution in [3.8, 4) is 0 Å². The highest BCUT2D eigenvalue weighted by Crippen LogP contribution is 2.34. The smallest absolute Gasteiger partial charge is 0.266 e. The van der Waals surface area contributed by atoms with Crippen LogP contribution < -0.4 is 5.32 Å². The van der Waals surface area contributed by atoms with Gasteiger partial charge in [-0.05, 0) is 35.7 Å². The molecular formula is C24H20FNO2S. The monoisotopic (exact) mass is 405 g/mol. The molecule has 146 valence electrons. The second kappa shape index (κ2) is 8.55. The molecule has 3 nitrogen and oxygen atoms in total. The van der Waals surface area contributed by atoms with Gasteiger partial charge in [-0.2, -0.15) is 0 Å².